The second-order valence-electron chi connectivity index (χ2n) is 4.68. The largest absolute Gasteiger partial charge is 0.416 e. The minimum Gasteiger partial charge on any atom is -0.379 e. The zero-order chi connectivity index (χ0) is 13.3. The van der Waals surface area contributed by atoms with Crippen molar-refractivity contribution in [3.63, 3.8) is 0 Å². The molecule has 1 aliphatic rings. The van der Waals surface area contributed by atoms with Crippen molar-refractivity contribution in [2.24, 2.45) is 11.7 Å². The summed E-state index contributed by atoms with van der Waals surface area (Å²) < 4.78 is 42.6. The molecule has 18 heavy (non-hydrogen) atoms. The highest BCUT2D eigenvalue weighted by Gasteiger charge is 2.36. The Morgan fingerprint density at radius 2 is 1.78 bits per heavy atom. The molecule has 2 rings (SSSR count). The summed E-state index contributed by atoms with van der Waals surface area (Å²) in [6.07, 6.45) is -2.26. The zero-order valence-corrected chi connectivity index (χ0v) is 10.1. The van der Waals surface area contributed by atoms with E-state index in [0.717, 1.165) is 25.0 Å². The van der Waals surface area contributed by atoms with Gasteiger partial charge in [-0.1, -0.05) is 12.1 Å². The smallest absolute Gasteiger partial charge is 0.379 e. The third-order valence-corrected chi connectivity index (χ3v) is 3.34. The lowest BCUT2D eigenvalue weighted by Crippen LogP contribution is -2.29. The van der Waals surface area contributed by atoms with E-state index in [1.807, 2.05) is 0 Å². The highest BCUT2D eigenvalue weighted by Crippen LogP contribution is 2.39. The molecule has 2 unspecified atom stereocenters. The minimum atomic E-state index is -4.31. The molecule has 0 radical (unpaired) electrons. The number of rotatable bonds is 4. The quantitative estimate of drug-likeness (QED) is 0.901. The third kappa shape index (κ3) is 2.84. The van der Waals surface area contributed by atoms with E-state index in [0.29, 0.717) is 11.5 Å². The van der Waals surface area contributed by atoms with Gasteiger partial charge in [0, 0.05) is 7.11 Å². The molecule has 0 bridgehead atoms. The molecule has 0 aliphatic heterocycles. The predicted octanol–water partition coefficient (Wildman–Crippen LogP) is 3.13. The van der Waals surface area contributed by atoms with Crippen LogP contribution in [0.15, 0.2) is 24.3 Å². The maximum Gasteiger partial charge on any atom is 0.416 e. The van der Waals surface area contributed by atoms with Crippen LogP contribution in [0.1, 0.15) is 30.0 Å². The Kier molecular flexibility index (Phi) is 3.64. The van der Waals surface area contributed by atoms with Gasteiger partial charge in [0.25, 0.3) is 0 Å². The van der Waals surface area contributed by atoms with Gasteiger partial charge >= 0.3 is 6.18 Å². The SMILES string of the molecule is COC(C1CC1)C(N)c1ccc(C(F)(F)F)cc1. The summed E-state index contributed by atoms with van der Waals surface area (Å²) in [5, 5.41) is 0. The molecule has 1 fully saturated rings. The third-order valence-electron chi connectivity index (χ3n) is 3.34. The number of hydrogen-bond donors (Lipinski definition) is 1. The van der Waals surface area contributed by atoms with Gasteiger partial charge in [-0.3, -0.25) is 0 Å². The van der Waals surface area contributed by atoms with Gasteiger partial charge in [0.15, 0.2) is 0 Å². The van der Waals surface area contributed by atoms with Crippen LogP contribution in [0.2, 0.25) is 0 Å². The van der Waals surface area contributed by atoms with Gasteiger partial charge in [-0.05, 0) is 36.5 Å². The fourth-order valence-electron chi connectivity index (χ4n) is 2.14. The number of halogens is 3. The number of methoxy groups -OCH3 is 1. The Labute approximate surface area is 104 Å². The van der Waals surface area contributed by atoms with Crippen molar-refractivity contribution < 1.29 is 17.9 Å². The highest BCUT2D eigenvalue weighted by molar-refractivity contribution is 5.27. The van der Waals surface area contributed by atoms with Crippen molar-refractivity contribution in [3.8, 4) is 0 Å². The van der Waals surface area contributed by atoms with E-state index in [2.05, 4.69) is 0 Å². The first-order valence-electron chi connectivity index (χ1n) is 5.89. The molecule has 1 aliphatic carbocycles. The maximum absolute atomic E-state index is 12.4. The summed E-state index contributed by atoms with van der Waals surface area (Å²) in [7, 11) is 1.59. The summed E-state index contributed by atoms with van der Waals surface area (Å²) in [4.78, 5) is 0. The molecule has 0 saturated heterocycles. The molecule has 1 aromatic carbocycles. The van der Waals surface area contributed by atoms with Crippen LogP contribution >= 0.6 is 0 Å². The van der Waals surface area contributed by atoms with Crippen molar-refractivity contribution in [3.05, 3.63) is 35.4 Å². The van der Waals surface area contributed by atoms with Crippen LogP contribution in [0.3, 0.4) is 0 Å². The molecule has 0 heterocycles. The summed E-state index contributed by atoms with van der Waals surface area (Å²) in [6.45, 7) is 0. The first-order valence-corrected chi connectivity index (χ1v) is 5.89. The van der Waals surface area contributed by atoms with E-state index in [4.69, 9.17) is 10.5 Å². The molecule has 100 valence electrons. The Morgan fingerprint density at radius 3 is 2.17 bits per heavy atom. The second-order valence-corrected chi connectivity index (χ2v) is 4.68. The Morgan fingerprint density at radius 1 is 1.22 bits per heavy atom. The van der Waals surface area contributed by atoms with E-state index < -0.39 is 11.7 Å². The van der Waals surface area contributed by atoms with E-state index >= 15 is 0 Å². The average molecular weight is 259 g/mol. The van der Waals surface area contributed by atoms with Gasteiger partial charge in [-0.25, -0.2) is 0 Å². The van der Waals surface area contributed by atoms with Crippen molar-refractivity contribution >= 4 is 0 Å². The molecule has 1 saturated carbocycles. The number of nitrogens with two attached hydrogens (primary N) is 1. The number of alkyl halides is 3. The topological polar surface area (TPSA) is 35.2 Å². The van der Waals surface area contributed by atoms with Crippen LogP contribution in [-0.2, 0) is 10.9 Å². The van der Waals surface area contributed by atoms with E-state index in [9.17, 15) is 13.2 Å². The van der Waals surface area contributed by atoms with Crippen LogP contribution in [0, 0.1) is 5.92 Å². The molecule has 1 aromatic rings. The summed E-state index contributed by atoms with van der Waals surface area (Å²) in [5.74, 6) is 0.437. The van der Waals surface area contributed by atoms with Crippen molar-refractivity contribution in [2.45, 2.75) is 31.2 Å². The average Bonchev–Trinajstić information content (AvgIpc) is 3.13. The lowest BCUT2D eigenvalue weighted by molar-refractivity contribution is -0.137. The number of hydrogen-bond acceptors (Lipinski definition) is 2. The lowest BCUT2D eigenvalue weighted by atomic mass is 9.98. The fourth-order valence-corrected chi connectivity index (χ4v) is 2.14. The van der Waals surface area contributed by atoms with Crippen LogP contribution < -0.4 is 5.73 Å². The summed E-state index contributed by atoms with van der Waals surface area (Å²) in [6, 6.07) is 4.62. The van der Waals surface area contributed by atoms with Gasteiger partial charge < -0.3 is 10.5 Å². The zero-order valence-electron chi connectivity index (χ0n) is 10.1. The summed E-state index contributed by atoms with van der Waals surface area (Å²) >= 11 is 0. The van der Waals surface area contributed by atoms with Crippen molar-refractivity contribution in [2.75, 3.05) is 7.11 Å². The van der Waals surface area contributed by atoms with Crippen LogP contribution in [-0.4, -0.2) is 13.2 Å². The number of ether oxygens (including phenoxy) is 1. The second kappa shape index (κ2) is 4.90. The summed E-state index contributed by atoms with van der Waals surface area (Å²) in [5.41, 5.74) is 6.07. The molecule has 2 nitrogen and oxygen atoms in total. The van der Waals surface area contributed by atoms with Crippen LogP contribution in [0.25, 0.3) is 0 Å². The molecule has 0 aromatic heterocycles. The van der Waals surface area contributed by atoms with Crippen LogP contribution in [0.4, 0.5) is 13.2 Å². The van der Waals surface area contributed by atoms with E-state index in [-0.39, 0.29) is 12.1 Å². The monoisotopic (exact) mass is 259 g/mol. The molecular weight excluding hydrogens is 243 g/mol. The van der Waals surface area contributed by atoms with Crippen molar-refractivity contribution in [1.29, 1.82) is 0 Å². The van der Waals surface area contributed by atoms with E-state index in [1.54, 1.807) is 7.11 Å². The molecule has 5 heteroatoms. The maximum atomic E-state index is 12.4. The van der Waals surface area contributed by atoms with E-state index in [1.165, 1.54) is 12.1 Å². The first kappa shape index (κ1) is 13.4. The van der Waals surface area contributed by atoms with Gasteiger partial charge in [0.05, 0.1) is 17.7 Å². The minimum absolute atomic E-state index is 0.110. The van der Waals surface area contributed by atoms with Gasteiger partial charge in [0.1, 0.15) is 0 Å². The standard InChI is InChI=1S/C13H16F3NO/c1-18-12(9-2-3-9)11(17)8-4-6-10(7-5-8)13(14,15)16/h4-7,9,11-12H,2-3,17H2,1H3. The molecule has 2 N–H and O–H groups in total. The molecule has 2 atom stereocenters. The Hall–Kier alpha value is -1.07. The Balaban J connectivity index is 2.13. The van der Waals surface area contributed by atoms with Crippen LogP contribution in [0.5, 0.6) is 0 Å². The lowest BCUT2D eigenvalue weighted by Gasteiger charge is -2.23. The fraction of sp³-hybridized carbons (Fsp3) is 0.538. The number of benzene rings is 1. The molecule has 0 spiro atoms. The normalized spacial score (nSPS) is 19.6. The van der Waals surface area contributed by atoms with Gasteiger partial charge in [-0.2, -0.15) is 13.2 Å². The van der Waals surface area contributed by atoms with Gasteiger partial charge in [-0.15, -0.1) is 0 Å². The molecule has 0 amide bonds. The van der Waals surface area contributed by atoms with Crippen molar-refractivity contribution in [1.82, 2.24) is 0 Å². The highest BCUT2D eigenvalue weighted by atomic mass is 19.4. The molecular formula is C13H16F3NO. The first-order chi connectivity index (χ1) is 8.43. The predicted molar refractivity (Wildman–Crippen MR) is 61.9 cm³/mol. The van der Waals surface area contributed by atoms with Gasteiger partial charge in [0.2, 0.25) is 0 Å². The Bertz CT molecular complexity index is 398.